The van der Waals surface area contributed by atoms with Crippen molar-refractivity contribution in [3.05, 3.63) is 47.0 Å². The number of nitrogens with zero attached hydrogens (tertiary/aromatic N) is 2. The van der Waals surface area contributed by atoms with Gasteiger partial charge < -0.3 is 10.5 Å². The highest BCUT2D eigenvalue weighted by Crippen LogP contribution is 2.24. The smallest absolute Gasteiger partial charge is 0.406 e. The summed E-state index contributed by atoms with van der Waals surface area (Å²) in [4.78, 5) is 15.3. The molecule has 19 heavy (non-hydrogen) atoms. The number of nitrogen functional groups attached to an aromatic ring is 1. The first kappa shape index (κ1) is 12.9. The first-order valence-electron chi connectivity index (χ1n) is 5.06. The number of hydrogen-bond acceptors (Lipinski definition) is 4. The van der Waals surface area contributed by atoms with Crippen molar-refractivity contribution in [1.29, 1.82) is 0 Å². The number of alkyl halides is 3. The second-order valence-electron chi connectivity index (χ2n) is 3.53. The number of hydrogen-bond donors (Lipinski definition) is 1. The van der Waals surface area contributed by atoms with Gasteiger partial charge in [-0.2, -0.15) is 0 Å². The van der Waals surface area contributed by atoms with E-state index in [0.717, 1.165) is 16.7 Å². The van der Waals surface area contributed by atoms with Crippen molar-refractivity contribution in [2.24, 2.45) is 0 Å². The van der Waals surface area contributed by atoms with Crippen LogP contribution in [0.5, 0.6) is 5.75 Å². The Morgan fingerprint density at radius 1 is 1.32 bits per heavy atom. The lowest BCUT2D eigenvalue weighted by Crippen LogP contribution is -2.22. The molecule has 0 radical (unpaired) electrons. The molecule has 8 heteroatoms. The van der Waals surface area contributed by atoms with Crippen LogP contribution in [0.4, 0.5) is 19.0 Å². The van der Waals surface area contributed by atoms with Crippen LogP contribution in [0, 0.1) is 0 Å². The molecular formula is C11H8F3N3O2. The number of rotatable bonds is 2. The zero-order valence-corrected chi connectivity index (χ0v) is 9.39. The van der Waals surface area contributed by atoms with Crippen LogP contribution >= 0.6 is 0 Å². The Bertz CT molecular complexity index is 652. The summed E-state index contributed by atoms with van der Waals surface area (Å²) in [6, 6.07) is 4.99. The predicted octanol–water partition coefficient (Wildman–Crippen LogP) is 1.71. The van der Waals surface area contributed by atoms with Gasteiger partial charge in [0.25, 0.3) is 5.56 Å². The summed E-state index contributed by atoms with van der Waals surface area (Å²) < 4.78 is 41.1. The number of anilines is 1. The molecule has 0 unspecified atom stereocenters. The maximum absolute atomic E-state index is 12.1. The average Bonchev–Trinajstić information content (AvgIpc) is 2.31. The number of ether oxygens (including phenoxy) is 1. The first-order chi connectivity index (χ1) is 8.87. The molecule has 100 valence electrons. The van der Waals surface area contributed by atoms with E-state index >= 15 is 0 Å². The molecule has 1 aromatic heterocycles. The topological polar surface area (TPSA) is 70.1 Å². The minimum atomic E-state index is -4.79. The Morgan fingerprint density at radius 2 is 2.05 bits per heavy atom. The molecule has 1 heterocycles. The second kappa shape index (κ2) is 4.63. The van der Waals surface area contributed by atoms with Crippen LogP contribution in [0.3, 0.4) is 0 Å². The quantitative estimate of drug-likeness (QED) is 0.902. The third kappa shape index (κ3) is 3.03. The van der Waals surface area contributed by atoms with Crippen molar-refractivity contribution in [3.8, 4) is 11.4 Å². The monoisotopic (exact) mass is 271 g/mol. The van der Waals surface area contributed by atoms with Gasteiger partial charge in [0.2, 0.25) is 0 Å². The Kier molecular flexibility index (Phi) is 3.16. The van der Waals surface area contributed by atoms with E-state index in [9.17, 15) is 18.0 Å². The predicted molar refractivity (Wildman–Crippen MR) is 60.9 cm³/mol. The van der Waals surface area contributed by atoms with Crippen molar-refractivity contribution >= 4 is 5.82 Å². The highest BCUT2D eigenvalue weighted by atomic mass is 19.4. The number of nitrogens with two attached hydrogens (primary N) is 1. The van der Waals surface area contributed by atoms with Crippen molar-refractivity contribution in [3.63, 3.8) is 0 Å². The molecule has 0 saturated heterocycles. The summed E-state index contributed by atoms with van der Waals surface area (Å²) in [5.41, 5.74) is 4.92. The van der Waals surface area contributed by atoms with Crippen LogP contribution in [0.2, 0.25) is 0 Å². The van der Waals surface area contributed by atoms with Crippen LogP contribution in [0.1, 0.15) is 0 Å². The van der Waals surface area contributed by atoms with Crippen molar-refractivity contribution in [1.82, 2.24) is 9.55 Å². The fourth-order valence-electron chi connectivity index (χ4n) is 1.46. The van der Waals surface area contributed by atoms with Crippen molar-refractivity contribution in [2.75, 3.05) is 5.73 Å². The minimum absolute atomic E-state index is 0.195. The molecule has 0 aliphatic heterocycles. The second-order valence-corrected chi connectivity index (χ2v) is 3.53. The largest absolute Gasteiger partial charge is 0.573 e. The molecule has 1 aromatic carbocycles. The van der Waals surface area contributed by atoms with E-state index < -0.39 is 17.7 Å². The summed E-state index contributed by atoms with van der Waals surface area (Å²) >= 11 is 0. The lowest BCUT2D eigenvalue weighted by atomic mass is 10.3. The van der Waals surface area contributed by atoms with E-state index in [-0.39, 0.29) is 11.5 Å². The van der Waals surface area contributed by atoms with E-state index in [0.29, 0.717) is 0 Å². The summed E-state index contributed by atoms with van der Waals surface area (Å²) in [6.07, 6.45) is -2.22. The lowest BCUT2D eigenvalue weighted by Gasteiger charge is -2.11. The molecule has 0 saturated carbocycles. The van der Waals surface area contributed by atoms with Crippen LogP contribution in [-0.4, -0.2) is 15.9 Å². The van der Waals surface area contributed by atoms with Gasteiger partial charge in [0.05, 0.1) is 5.69 Å². The number of aromatic nitrogens is 2. The zero-order chi connectivity index (χ0) is 14.0. The number of halogens is 3. The molecule has 0 amide bonds. The summed E-state index contributed by atoms with van der Waals surface area (Å²) in [7, 11) is 0. The molecule has 2 N–H and O–H groups in total. The van der Waals surface area contributed by atoms with Gasteiger partial charge in [0, 0.05) is 18.5 Å². The van der Waals surface area contributed by atoms with Gasteiger partial charge >= 0.3 is 6.36 Å². The molecule has 0 spiro atoms. The van der Waals surface area contributed by atoms with Gasteiger partial charge in [-0.05, 0) is 12.1 Å². The molecule has 0 bridgehead atoms. The van der Waals surface area contributed by atoms with Gasteiger partial charge in [-0.25, -0.2) is 4.98 Å². The fraction of sp³-hybridized carbons (Fsp3) is 0.0909. The van der Waals surface area contributed by atoms with Gasteiger partial charge in [-0.15, -0.1) is 13.2 Å². The van der Waals surface area contributed by atoms with Gasteiger partial charge in [-0.3, -0.25) is 9.36 Å². The van der Waals surface area contributed by atoms with Crippen molar-refractivity contribution < 1.29 is 17.9 Å². The van der Waals surface area contributed by atoms with E-state index in [1.165, 1.54) is 24.5 Å². The molecule has 0 fully saturated rings. The number of benzene rings is 1. The molecule has 2 rings (SSSR count). The van der Waals surface area contributed by atoms with Gasteiger partial charge in [0.1, 0.15) is 5.75 Å². The molecule has 0 aliphatic rings. The van der Waals surface area contributed by atoms with Gasteiger partial charge in [-0.1, -0.05) is 6.07 Å². The third-order valence-corrected chi connectivity index (χ3v) is 2.20. The zero-order valence-electron chi connectivity index (χ0n) is 9.39. The standard InChI is InChI=1S/C11H8F3N3O2/c12-11(13,14)19-8-3-1-2-7(6-8)17-5-4-16-9(15)10(17)18/h1-6H,(H2,15,16). The van der Waals surface area contributed by atoms with E-state index in [4.69, 9.17) is 5.73 Å². The fourth-order valence-corrected chi connectivity index (χ4v) is 1.46. The molecule has 5 nitrogen and oxygen atoms in total. The van der Waals surface area contributed by atoms with Crippen molar-refractivity contribution in [2.45, 2.75) is 6.36 Å². The van der Waals surface area contributed by atoms with Crippen LogP contribution in [0.25, 0.3) is 5.69 Å². The molecule has 0 aliphatic carbocycles. The SMILES string of the molecule is Nc1nccn(-c2cccc(OC(F)(F)F)c2)c1=O. The molecular weight excluding hydrogens is 263 g/mol. The molecule has 2 aromatic rings. The highest BCUT2D eigenvalue weighted by molar-refractivity contribution is 5.41. The summed E-state index contributed by atoms with van der Waals surface area (Å²) in [5.74, 6) is -0.670. The normalized spacial score (nSPS) is 11.3. The Labute approximate surface area is 105 Å². The maximum Gasteiger partial charge on any atom is 0.573 e. The highest BCUT2D eigenvalue weighted by Gasteiger charge is 2.31. The van der Waals surface area contributed by atoms with Crippen LogP contribution in [0.15, 0.2) is 41.5 Å². The van der Waals surface area contributed by atoms with Crippen LogP contribution in [-0.2, 0) is 0 Å². The summed E-state index contributed by atoms with van der Waals surface area (Å²) in [6.45, 7) is 0. The average molecular weight is 271 g/mol. The Balaban J connectivity index is 2.44. The van der Waals surface area contributed by atoms with E-state index in [1.54, 1.807) is 0 Å². The van der Waals surface area contributed by atoms with E-state index in [1.807, 2.05) is 0 Å². The first-order valence-corrected chi connectivity index (χ1v) is 5.06. The third-order valence-electron chi connectivity index (χ3n) is 2.20. The Morgan fingerprint density at radius 3 is 2.74 bits per heavy atom. The Hall–Kier alpha value is -2.51. The molecule has 0 atom stereocenters. The van der Waals surface area contributed by atoms with Gasteiger partial charge in [0.15, 0.2) is 5.82 Å². The lowest BCUT2D eigenvalue weighted by molar-refractivity contribution is -0.274. The minimum Gasteiger partial charge on any atom is -0.406 e. The summed E-state index contributed by atoms with van der Waals surface area (Å²) in [5, 5.41) is 0. The van der Waals surface area contributed by atoms with E-state index in [2.05, 4.69) is 9.72 Å². The van der Waals surface area contributed by atoms with Crippen LogP contribution < -0.4 is 16.0 Å². The maximum atomic E-state index is 12.1.